The Bertz CT molecular complexity index is 198. The van der Waals surface area contributed by atoms with E-state index in [1.807, 2.05) is 10.8 Å². The SMILES string of the molecule is OC(CS)C(O)c1ccsc1. The molecule has 1 heterocycles. The van der Waals surface area contributed by atoms with Crippen LogP contribution in [0.15, 0.2) is 16.8 Å². The van der Waals surface area contributed by atoms with Crippen molar-refractivity contribution in [1.29, 1.82) is 0 Å². The van der Waals surface area contributed by atoms with E-state index >= 15 is 0 Å². The van der Waals surface area contributed by atoms with Crippen LogP contribution in [0.3, 0.4) is 0 Å². The van der Waals surface area contributed by atoms with Crippen LogP contribution in [0.5, 0.6) is 0 Å². The Hall–Kier alpha value is -0.0300. The molecule has 0 spiro atoms. The first-order valence-electron chi connectivity index (χ1n) is 3.24. The van der Waals surface area contributed by atoms with Gasteiger partial charge in [-0.3, -0.25) is 0 Å². The smallest absolute Gasteiger partial charge is 0.106 e. The Labute approximate surface area is 74.9 Å². The molecule has 0 saturated heterocycles. The average Bonchev–Trinajstić information content (AvgIpc) is 2.53. The fourth-order valence-corrected chi connectivity index (χ4v) is 1.65. The summed E-state index contributed by atoms with van der Waals surface area (Å²) in [7, 11) is 0. The number of hydrogen-bond donors (Lipinski definition) is 3. The van der Waals surface area contributed by atoms with Gasteiger partial charge in [0.2, 0.25) is 0 Å². The molecule has 4 heteroatoms. The Morgan fingerprint density at radius 3 is 2.73 bits per heavy atom. The van der Waals surface area contributed by atoms with Crippen molar-refractivity contribution >= 4 is 24.0 Å². The molecule has 62 valence electrons. The van der Waals surface area contributed by atoms with Gasteiger partial charge in [-0.1, -0.05) is 0 Å². The van der Waals surface area contributed by atoms with Gasteiger partial charge in [-0.25, -0.2) is 0 Å². The standard InChI is InChI=1S/C7H10O2S2/c8-6(3-10)7(9)5-1-2-11-4-5/h1-2,4,6-10H,3H2. The predicted molar refractivity (Wildman–Crippen MR) is 49.1 cm³/mol. The summed E-state index contributed by atoms with van der Waals surface area (Å²) in [6.45, 7) is 0. The monoisotopic (exact) mass is 190 g/mol. The summed E-state index contributed by atoms with van der Waals surface area (Å²) in [6.07, 6.45) is -1.56. The second kappa shape index (κ2) is 4.11. The van der Waals surface area contributed by atoms with Gasteiger partial charge in [-0.05, 0) is 22.4 Å². The lowest BCUT2D eigenvalue weighted by molar-refractivity contribution is 0.0340. The van der Waals surface area contributed by atoms with E-state index in [1.54, 1.807) is 6.07 Å². The van der Waals surface area contributed by atoms with Gasteiger partial charge >= 0.3 is 0 Å². The lowest BCUT2D eigenvalue weighted by Crippen LogP contribution is -2.18. The molecule has 2 atom stereocenters. The first-order valence-corrected chi connectivity index (χ1v) is 4.82. The highest BCUT2D eigenvalue weighted by Gasteiger charge is 2.16. The number of aliphatic hydroxyl groups excluding tert-OH is 2. The van der Waals surface area contributed by atoms with E-state index < -0.39 is 12.2 Å². The largest absolute Gasteiger partial charge is 0.389 e. The van der Waals surface area contributed by atoms with E-state index in [4.69, 9.17) is 0 Å². The summed E-state index contributed by atoms with van der Waals surface area (Å²) in [5, 5.41) is 22.2. The van der Waals surface area contributed by atoms with Crippen molar-refractivity contribution in [3.63, 3.8) is 0 Å². The molecule has 2 unspecified atom stereocenters. The van der Waals surface area contributed by atoms with Gasteiger partial charge in [0.05, 0.1) is 6.10 Å². The van der Waals surface area contributed by atoms with Crippen LogP contribution >= 0.6 is 24.0 Å². The molecule has 2 N–H and O–H groups in total. The molecule has 0 radical (unpaired) electrons. The Balaban J connectivity index is 2.62. The van der Waals surface area contributed by atoms with Gasteiger partial charge in [0.15, 0.2) is 0 Å². The van der Waals surface area contributed by atoms with Crippen LogP contribution in [0, 0.1) is 0 Å². The van der Waals surface area contributed by atoms with Crippen molar-refractivity contribution in [2.75, 3.05) is 5.75 Å². The molecule has 2 nitrogen and oxygen atoms in total. The molecular formula is C7H10O2S2. The predicted octanol–water partition coefficient (Wildman–Crippen LogP) is 1.07. The minimum absolute atomic E-state index is 0.275. The summed E-state index contributed by atoms with van der Waals surface area (Å²) in [5.41, 5.74) is 0.761. The molecule has 0 fully saturated rings. The Morgan fingerprint density at radius 2 is 2.27 bits per heavy atom. The number of rotatable bonds is 3. The summed E-state index contributed by atoms with van der Waals surface area (Å²) < 4.78 is 0. The molecule has 0 aromatic carbocycles. The fraction of sp³-hybridized carbons (Fsp3) is 0.429. The average molecular weight is 190 g/mol. The van der Waals surface area contributed by atoms with Crippen molar-refractivity contribution in [2.45, 2.75) is 12.2 Å². The molecule has 1 aromatic rings. The molecule has 1 rings (SSSR count). The maximum Gasteiger partial charge on any atom is 0.106 e. The van der Waals surface area contributed by atoms with Crippen molar-refractivity contribution in [2.24, 2.45) is 0 Å². The molecule has 0 saturated carbocycles. The summed E-state index contributed by atoms with van der Waals surface area (Å²) in [5.74, 6) is 0.275. The highest BCUT2D eigenvalue weighted by atomic mass is 32.1. The summed E-state index contributed by atoms with van der Waals surface area (Å²) in [6, 6.07) is 1.79. The second-order valence-corrected chi connectivity index (χ2v) is 3.40. The first-order chi connectivity index (χ1) is 5.25. The second-order valence-electron chi connectivity index (χ2n) is 2.25. The van der Waals surface area contributed by atoms with Crippen molar-refractivity contribution in [3.05, 3.63) is 22.4 Å². The third kappa shape index (κ3) is 2.20. The van der Waals surface area contributed by atoms with Crippen LogP contribution in [0.2, 0.25) is 0 Å². The molecule has 0 aliphatic rings. The van der Waals surface area contributed by atoms with E-state index in [1.165, 1.54) is 11.3 Å². The van der Waals surface area contributed by atoms with E-state index in [9.17, 15) is 10.2 Å². The van der Waals surface area contributed by atoms with Gasteiger partial charge < -0.3 is 10.2 Å². The zero-order valence-corrected chi connectivity index (χ0v) is 7.55. The molecule has 0 amide bonds. The van der Waals surface area contributed by atoms with Crippen LogP contribution in [0.4, 0.5) is 0 Å². The minimum Gasteiger partial charge on any atom is -0.389 e. The number of thiol groups is 1. The highest BCUT2D eigenvalue weighted by Crippen LogP contribution is 2.19. The van der Waals surface area contributed by atoms with Crippen LogP contribution < -0.4 is 0 Å². The Morgan fingerprint density at radius 1 is 1.55 bits per heavy atom. The Kier molecular flexibility index (Phi) is 3.39. The maximum atomic E-state index is 9.39. The maximum absolute atomic E-state index is 9.39. The van der Waals surface area contributed by atoms with Gasteiger partial charge in [-0.2, -0.15) is 24.0 Å². The lowest BCUT2D eigenvalue weighted by Gasteiger charge is -2.13. The lowest BCUT2D eigenvalue weighted by atomic mass is 10.1. The van der Waals surface area contributed by atoms with Crippen LogP contribution in [0.25, 0.3) is 0 Å². The van der Waals surface area contributed by atoms with Crippen molar-refractivity contribution in [1.82, 2.24) is 0 Å². The molecule has 0 aliphatic carbocycles. The first kappa shape index (κ1) is 9.06. The van der Waals surface area contributed by atoms with E-state index in [0.29, 0.717) is 0 Å². The summed E-state index contributed by atoms with van der Waals surface area (Å²) in [4.78, 5) is 0. The molecule has 1 aromatic heterocycles. The molecule has 11 heavy (non-hydrogen) atoms. The fourth-order valence-electron chi connectivity index (χ4n) is 0.765. The van der Waals surface area contributed by atoms with Crippen LogP contribution in [0.1, 0.15) is 11.7 Å². The minimum atomic E-state index is -0.793. The van der Waals surface area contributed by atoms with Gasteiger partial charge in [-0.15, -0.1) is 0 Å². The number of hydrogen-bond acceptors (Lipinski definition) is 4. The van der Waals surface area contributed by atoms with Gasteiger partial charge in [0.25, 0.3) is 0 Å². The third-order valence-corrected chi connectivity index (χ3v) is 2.51. The van der Waals surface area contributed by atoms with Crippen LogP contribution in [-0.4, -0.2) is 22.1 Å². The van der Waals surface area contributed by atoms with E-state index in [0.717, 1.165) is 5.56 Å². The zero-order chi connectivity index (χ0) is 8.27. The molecular weight excluding hydrogens is 180 g/mol. The van der Waals surface area contributed by atoms with Crippen molar-refractivity contribution < 1.29 is 10.2 Å². The van der Waals surface area contributed by atoms with Crippen LogP contribution in [-0.2, 0) is 0 Å². The van der Waals surface area contributed by atoms with E-state index in [-0.39, 0.29) is 5.75 Å². The number of thiophene rings is 1. The molecule has 0 aliphatic heterocycles. The van der Waals surface area contributed by atoms with E-state index in [2.05, 4.69) is 12.6 Å². The normalized spacial score (nSPS) is 16.3. The van der Waals surface area contributed by atoms with Gasteiger partial charge in [0, 0.05) is 5.75 Å². The van der Waals surface area contributed by atoms with Gasteiger partial charge in [0.1, 0.15) is 6.10 Å². The quantitative estimate of drug-likeness (QED) is 0.624. The topological polar surface area (TPSA) is 40.5 Å². The highest BCUT2D eigenvalue weighted by molar-refractivity contribution is 7.80. The number of aliphatic hydroxyl groups is 2. The third-order valence-electron chi connectivity index (χ3n) is 1.44. The summed E-state index contributed by atoms with van der Waals surface area (Å²) >= 11 is 5.38. The zero-order valence-electron chi connectivity index (χ0n) is 5.84. The molecule has 0 bridgehead atoms. The van der Waals surface area contributed by atoms with Crippen molar-refractivity contribution in [3.8, 4) is 0 Å².